The van der Waals surface area contributed by atoms with Crippen molar-refractivity contribution < 1.29 is 48.1 Å². The molecular weight excluding hydrogens is 544 g/mol. The number of aliphatic hydroxyl groups is 1. The highest BCUT2D eigenvalue weighted by Crippen LogP contribution is 2.32. The van der Waals surface area contributed by atoms with Crippen molar-refractivity contribution >= 4 is 37.1 Å². The van der Waals surface area contributed by atoms with Crippen LogP contribution in [-0.4, -0.2) is 76.7 Å². The van der Waals surface area contributed by atoms with Gasteiger partial charge in [0.25, 0.3) is 5.56 Å². The maximum Gasteiger partial charge on any atom is 0.339 e. The Hall–Kier alpha value is -5.34. The lowest BCUT2D eigenvalue weighted by Gasteiger charge is -2.21. The summed E-state index contributed by atoms with van der Waals surface area (Å²) < 4.78 is 17.2. The predicted molar refractivity (Wildman–Crippen MR) is 135 cm³/mol. The van der Waals surface area contributed by atoms with Gasteiger partial charge in [0.2, 0.25) is 0 Å². The molecule has 14 heteroatoms. The number of aromatic nitrogens is 2. The molecular formula is C27H20N2O12. The smallest absolute Gasteiger partial charge is 0.339 e. The standard InChI is InChI=1S/C27H20N2O12/c30-9-14-3-1-5-16(18(14)11-32)25(36)39-13-20-23(22(35)24(40-20)29-8-7-21(34)28-27(29)38)41-26(37)17-6-2-4-15(10-31)19(17)12-33/h1-12,20,22-24,35H,13H2,(H,28,34,38)/t20-,22-,23-,24-/m1/s1. The van der Waals surface area contributed by atoms with Crippen LogP contribution in [0.2, 0.25) is 0 Å². The number of ether oxygens (including phenoxy) is 3. The number of H-pyrrole nitrogens is 1. The molecule has 0 aliphatic carbocycles. The Morgan fingerprint density at radius 1 is 0.878 bits per heavy atom. The van der Waals surface area contributed by atoms with E-state index in [-0.39, 0.29) is 39.7 Å². The normalized spacial score (nSPS) is 19.6. The molecule has 210 valence electrons. The molecule has 14 nitrogen and oxygen atoms in total. The van der Waals surface area contributed by atoms with Crippen molar-refractivity contribution in [1.29, 1.82) is 0 Å². The summed E-state index contributed by atoms with van der Waals surface area (Å²) in [5.41, 5.74) is -2.89. The fraction of sp³-hybridized carbons (Fsp3) is 0.185. The molecule has 0 bridgehead atoms. The minimum absolute atomic E-state index is 0.0603. The lowest BCUT2D eigenvalue weighted by atomic mass is 10.0. The summed E-state index contributed by atoms with van der Waals surface area (Å²) in [6.45, 7) is -0.680. The summed E-state index contributed by atoms with van der Waals surface area (Å²) in [7, 11) is 0. The van der Waals surface area contributed by atoms with Gasteiger partial charge in [-0.25, -0.2) is 14.4 Å². The van der Waals surface area contributed by atoms with E-state index in [1.54, 1.807) is 0 Å². The molecule has 2 N–H and O–H groups in total. The summed E-state index contributed by atoms with van der Waals surface area (Å²) in [5, 5.41) is 11.0. The first kappa shape index (κ1) is 28.7. The Labute approximate surface area is 229 Å². The molecule has 2 heterocycles. The third kappa shape index (κ3) is 5.68. The molecule has 0 spiro atoms. The Balaban J connectivity index is 1.65. The number of nitrogens with one attached hydrogen (secondary N) is 1. The Kier molecular flexibility index (Phi) is 8.55. The molecule has 3 aromatic rings. The van der Waals surface area contributed by atoms with Gasteiger partial charge < -0.3 is 19.3 Å². The highest BCUT2D eigenvalue weighted by Gasteiger charge is 2.48. The number of rotatable bonds is 10. The van der Waals surface area contributed by atoms with Crippen LogP contribution in [0.4, 0.5) is 0 Å². The van der Waals surface area contributed by atoms with Crippen LogP contribution in [0, 0.1) is 0 Å². The maximum absolute atomic E-state index is 13.0. The lowest BCUT2D eigenvalue weighted by molar-refractivity contribution is -0.0614. The van der Waals surface area contributed by atoms with Crippen molar-refractivity contribution in [2.45, 2.75) is 24.5 Å². The molecule has 4 atom stereocenters. The summed E-state index contributed by atoms with van der Waals surface area (Å²) in [6.07, 6.45) is -3.95. The van der Waals surface area contributed by atoms with E-state index >= 15 is 0 Å². The SMILES string of the molecule is O=Cc1cccc(C(=O)OC[C@H]2O[C@@H](n3ccc(=O)[nH]c3=O)[C@H](O)[C@@H]2OC(=O)c2cccc(C=O)c2C=O)c1C=O. The van der Waals surface area contributed by atoms with Gasteiger partial charge in [0, 0.05) is 34.5 Å². The van der Waals surface area contributed by atoms with Crippen molar-refractivity contribution in [3.05, 3.63) is 103 Å². The van der Waals surface area contributed by atoms with E-state index in [0.29, 0.717) is 18.9 Å². The van der Waals surface area contributed by atoms with Gasteiger partial charge in [-0.2, -0.15) is 0 Å². The zero-order valence-corrected chi connectivity index (χ0v) is 20.8. The van der Waals surface area contributed by atoms with Gasteiger partial charge in [-0.05, 0) is 12.1 Å². The molecule has 0 unspecified atom stereocenters. The minimum atomic E-state index is -1.76. The summed E-state index contributed by atoms with van der Waals surface area (Å²) in [5.74, 6) is -2.19. The first-order valence-corrected chi connectivity index (χ1v) is 11.8. The molecule has 0 saturated carbocycles. The van der Waals surface area contributed by atoms with Crippen LogP contribution in [0.3, 0.4) is 0 Å². The van der Waals surface area contributed by atoms with Gasteiger partial charge in [0.05, 0.1) is 11.1 Å². The number of nitrogens with zero attached hydrogens (tertiary/aromatic N) is 1. The van der Waals surface area contributed by atoms with Gasteiger partial charge in [-0.1, -0.05) is 24.3 Å². The Morgan fingerprint density at radius 3 is 2.00 bits per heavy atom. The van der Waals surface area contributed by atoms with Crippen molar-refractivity contribution in [1.82, 2.24) is 9.55 Å². The van der Waals surface area contributed by atoms with Crippen LogP contribution in [0.25, 0.3) is 0 Å². The lowest BCUT2D eigenvalue weighted by Crippen LogP contribution is -2.40. The Bertz CT molecular complexity index is 1660. The number of hydrogen-bond donors (Lipinski definition) is 2. The fourth-order valence-corrected chi connectivity index (χ4v) is 4.27. The van der Waals surface area contributed by atoms with E-state index in [4.69, 9.17) is 14.2 Å². The molecule has 0 radical (unpaired) electrons. The third-order valence-electron chi connectivity index (χ3n) is 6.27. The molecule has 1 saturated heterocycles. The summed E-state index contributed by atoms with van der Waals surface area (Å²) in [4.78, 5) is 97.3. The quantitative estimate of drug-likeness (QED) is 0.249. The topological polar surface area (TPSA) is 205 Å². The van der Waals surface area contributed by atoms with Gasteiger partial charge in [-0.15, -0.1) is 0 Å². The van der Waals surface area contributed by atoms with Crippen molar-refractivity contribution in [3.8, 4) is 0 Å². The van der Waals surface area contributed by atoms with Gasteiger partial charge in [0.15, 0.2) is 37.5 Å². The van der Waals surface area contributed by atoms with E-state index < -0.39 is 54.3 Å². The number of esters is 2. The molecule has 4 rings (SSSR count). The number of hydrogen-bond acceptors (Lipinski definition) is 12. The van der Waals surface area contributed by atoms with Gasteiger partial charge in [0.1, 0.15) is 18.8 Å². The number of aliphatic hydroxyl groups excluding tert-OH is 1. The fourth-order valence-electron chi connectivity index (χ4n) is 4.27. The van der Waals surface area contributed by atoms with Gasteiger partial charge >= 0.3 is 17.6 Å². The van der Waals surface area contributed by atoms with Crippen LogP contribution in [-0.2, 0) is 14.2 Å². The monoisotopic (exact) mass is 564 g/mol. The largest absolute Gasteiger partial charge is 0.459 e. The molecule has 1 fully saturated rings. The molecule has 1 aliphatic heterocycles. The highest BCUT2D eigenvalue weighted by atomic mass is 16.6. The molecule has 2 aromatic carbocycles. The zero-order valence-electron chi connectivity index (χ0n) is 20.8. The number of aldehydes is 4. The first-order valence-electron chi connectivity index (χ1n) is 11.8. The van der Waals surface area contributed by atoms with Crippen LogP contribution >= 0.6 is 0 Å². The van der Waals surface area contributed by atoms with Crippen molar-refractivity contribution in [2.24, 2.45) is 0 Å². The van der Waals surface area contributed by atoms with E-state index in [0.717, 1.165) is 16.8 Å². The minimum Gasteiger partial charge on any atom is -0.459 e. The zero-order chi connectivity index (χ0) is 29.7. The van der Waals surface area contributed by atoms with E-state index in [2.05, 4.69) is 0 Å². The van der Waals surface area contributed by atoms with E-state index in [1.807, 2.05) is 4.98 Å². The summed E-state index contributed by atoms with van der Waals surface area (Å²) >= 11 is 0. The summed E-state index contributed by atoms with van der Waals surface area (Å²) in [6, 6.07) is 8.73. The number of benzene rings is 2. The first-order chi connectivity index (χ1) is 19.7. The molecule has 1 aliphatic rings. The third-order valence-corrected chi connectivity index (χ3v) is 6.27. The Morgan fingerprint density at radius 2 is 1.46 bits per heavy atom. The second-order valence-corrected chi connectivity index (χ2v) is 8.63. The van der Waals surface area contributed by atoms with Crippen LogP contribution < -0.4 is 11.2 Å². The second-order valence-electron chi connectivity index (χ2n) is 8.63. The van der Waals surface area contributed by atoms with Gasteiger partial charge in [-0.3, -0.25) is 33.5 Å². The van der Waals surface area contributed by atoms with Crippen LogP contribution in [0.5, 0.6) is 0 Å². The average molecular weight is 564 g/mol. The number of carbonyl (C=O) groups is 6. The predicted octanol–water partition coefficient (Wildman–Crippen LogP) is 0.127. The van der Waals surface area contributed by atoms with E-state index in [9.17, 15) is 43.5 Å². The highest BCUT2D eigenvalue weighted by molar-refractivity contribution is 6.04. The second kappa shape index (κ2) is 12.2. The molecule has 0 amide bonds. The van der Waals surface area contributed by atoms with Crippen LogP contribution in [0.15, 0.2) is 58.3 Å². The molecule has 41 heavy (non-hydrogen) atoms. The maximum atomic E-state index is 13.0. The number of carbonyl (C=O) groups excluding carboxylic acids is 6. The average Bonchev–Trinajstić information content (AvgIpc) is 3.28. The van der Waals surface area contributed by atoms with Crippen molar-refractivity contribution in [2.75, 3.05) is 6.61 Å². The van der Waals surface area contributed by atoms with Crippen LogP contribution in [0.1, 0.15) is 68.4 Å². The number of aromatic amines is 1. The van der Waals surface area contributed by atoms with E-state index in [1.165, 1.54) is 36.4 Å². The van der Waals surface area contributed by atoms with Crippen molar-refractivity contribution in [3.63, 3.8) is 0 Å². The molecule has 1 aromatic heterocycles.